The summed E-state index contributed by atoms with van der Waals surface area (Å²) >= 11 is 0. The number of benzene rings is 1. The van der Waals surface area contributed by atoms with E-state index in [9.17, 15) is 4.79 Å². The molecule has 22 heavy (non-hydrogen) atoms. The van der Waals surface area contributed by atoms with Crippen molar-refractivity contribution in [3.05, 3.63) is 63.7 Å². The molecule has 1 N–H and O–H groups in total. The summed E-state index contributed by atoms with van der Waals surface area (Å²) in [4.78, 5) is 24.3. The molecule has 0 saturated carbocycles. The topological polar surface area (TPSA) is 107 Å². The predicted molar refractivity (Wildman–Crippen MR) is 77.3 cm³/mol. The van der Waals surface area contributed by atoms with E-state index >= 15 is 0 Å². The lowest BCUT2D eigenvalue weighted by molar-refractivity contribution is -0.742. The van der Waals surface area contributed by atoms with Gasteiger partial charge in [-0.2, -0.15) is 0 Å². The molecule has 8 heteroatoms. The smallest absolute Gasteiger partial charge is 0.356 e. The Morgan fingerprint density at radius 3 is 2.45 bits per heavy atom. The standard InChI is InChI=1S/C14H16N2O2.HNO3/c1-10(12-7-5-4-6-8-12)16-11(2)15-9-13(16)14(17)18-3;2-1(3)4/h4-10H,1-3H3;(H,2,3,4). The first-order valence-electron chi connectivity index (χ1n) is 6.38. The van der Waals surface area contributed by atoms with E-state index in [1.54, 1.807) is 6.20 Å². The van der Waals surface area contributed by atoms with Crippen LogP contribution in [-0.4, -0.2) is 32.9 Å². The molecule has 0 fully saturated rings. The van der Waals surface area contributed by atoms with Crippen molar-refractivity contribution in [3.63, 3.8) is 0 Å². The second-order valence-electron chi connectivity index (χ2n) is 4.38. The fraction of sp³-hybridized carbons (Fsp3) is 0.286. The van der Waals surface area contributed by atoms with Gasteiger partial charge < -0.3 is 14.5 Å². The molecule has 1 aromatic carbocycles. The summed E-state index contributed by atoms with van der Waals surface area (Å²) < 4.78 is 6.67. The third kappa shape index (κ3) is 4.30. The Bertz CT molecular complexity index is 635. The second kappa shape index (κ2) is 7.77. The summed E-state index contributed by atoms with van der Waals surface area (Å²) in [6.45, 7) is 3.92. The van der Waals surface area contributed by atoms with Crippen molar-refractivity contribution in [1.29, 1.82) is 0 Å². The average molecular weight is 307 g/mol. The van der Waals surface area contributed by atoms with E-state index in [-0.39, 0.29) is 12.0 Å². The molecular weight excluding hydrogens is 290 g/mol. The van der Waals surface area contributed by atoms with Crippen LogP contribution in [0.4, 0.5) is 0 Å². The number of carbonyl (C=O) groups excluding carboxylic acids is 1. The molecule has 0 radical (unpaired) electrons. The number of imidazole rings is 1. The summed E-state index contributed by atoms with van der Waals surface area (Å²) in [6, 6.07) is 10.0. The SMILES string of the molecule is COC(=O)c1cnc(C)n1C(C)c1ccccc1.O=[N+]([O-])O. The van der Waals surface area contributed by atoms with E-state index in [4.69, 9.17) is 20.1 Å². The first-order valence-corrected chi connectivity index (χ1v) is 6.38. The zero-order chi connectivity index (χ0) is 16.7. The number of hydrogen-bond acceptors (Lipinski definition) is 5. The molecular formula is C14H17N3O5. The molecule has 1 unspecified atom stereocenters. The van der Waals surface area contributed by atoms with Crippen LogP contribution in [0.2, 0.25) is 0 Å². The van der Waals surface area contributed by atoms with E-state index in [2.05, 4.69) is 4.98 Å². The maximum atomic E-state index is 11.7. The highest BCUT2D eigenvalue weighted by Gasteiger charge is 2.19. The van der Waals surface area contributed by atoms with E-state index in [0.29, 0.717) is 5.69 Å². The third-order valence-electron chi connectivity index (χ3n) is 3.05. The minimum Gasteiger partial charge on any atom is -0.464 e. The van der Waals surface area contributed by atoms with Gasteiger partial charge in [0.2, 0.25) is 0 Å². The fourth-order valence-corrected chi connectivity index (χ4v) is 2.08. The van der Waals surface area contributed by atoms with Crippen molar-refractivity contribution in [2.75, 3.05) is 7.11 Å². The molecule has 0 bridgehead atoms. The minimum absolute atomic E-state index is 0.0443. The molecule has 0 aliphatic carbocycles. The van der Waals surface area contributed by atoms with Crippen molar-refractivity contribution >= 4 is 5.97 Å². The quantitative estimate of drug-likeness (QED) is 0.529. The number of esters is 1. The number of nitrogens with zero attached hydrogens (tertiary/aromatic N) is 3. The van der Waals surface area contributed by atoms with Gasteiger partial charge in [0, 0.05) is 0 Å². The molecule has 0 aliphatic heterocycles. The first kappa shape index (κ1) is 17.2. The van der Waals surface area contributed by atoms with Crippen molar-refractivity contribution in [2.24, 2.45) is 0 Å². The van der Waals surface area contributed by atoms with Gasteiger partial charge >= 0.3 is 5.97 Å². The highest BCUT2D eigenvalue weighted by atomic mass is 16.9. The highest BCUT2D eigenvalue weighted by molar-refractivity contribution is 5.87. The summed E-state index contributed by atoms with van der Waals surface area (Å²) in [7, 11) is 1.38. The maximum absolute atomic E-state index is 11.7. The Morgan fingerprint density at radius 2 is 1.95 bits per heavy atom. The Balaban J connectivity index is 0.000000541. The normalized spacial score (nSPS) is 11.0. The molecule has 0 saturated heterocycles. The first-order chi connectivity index (χ1) is 10.4. The van der Waals surface area contributed by atoms with Crippen LogP contribution in [0.15, 0.2) is 36.5 Å². The summed E-state index contributed by atoms with van der Waals surface area (Å²) in [6.07, 6.45) is 1.56. The van der Waals surface area contributed by atoms with Gasteiger partial charge in [0.15, 0.2) is 0 Å². The molecule has 8 nitrogen and oxygen atoms in total. The zero-order valence-electron chi connectivity index (χ0n) is 12.5. The number of carbonyl (C=O) groups is 1. The third-order valence-corrected chi connectivity index (χ3v) is 3.05. The minimum atomic E-state index is -1.50. The predicted octanol–water partition coefficient (Wildman–Crippen LogP) is 2.24. The van der Waals surface area contributed by atoms with Gasteiger partial charge in [-0.05, 0) is 19.4 Å². The molecule has 2 rings (SSSR count). The van der Waals surface area contributed by atoms with Gasteiger partial charge in [0.25, 0.3) is 5.09 Å². The molecule has 1 aromatic heterocycles. The largest absolute Gasteiger partial charge is 0.464 e. The van der Waals surface area contributed by atoms with Crippen molar-refractivity contribution in [3.8, 4) is 0 Å². The molecule has 0 spiro atoms. The maximum Gasteiger partial charge on any atom is 0.356 e. The molecule has 0 amide bonds. The number of methoxy groups -OCH3 is 1. The number of rotatable bonds is 3. The lowest BCUT2D eigenvalue weighted by atomic mass is 10.1. The van der Waals surface area contributed by atoms with Crippen LogP contribution in [0.5, 0.6) is 0 Å². The Kier molecular flexibility index (Phi) is 6.06. The van der Waals surface area contributed by atoms with E-state index in [1.165, 1.54) is 7.11 Å². The number of ether oxygens (including phenoxy) is 1. The lowest BCUT2D eigenvalue weighted by Crippen LogP contribution is -2.16. The van der Waals surface area contributed by atoms with Crippen LogP contribution < -0.4 is 0 Å². The Labute approximate surface area is 127 Å². The van der Waals surface area contributed by atoms with Crippen LogP contribution in [-0.2, 0) is 4.74 Å². The van der Waals surface area contributed by atoms with Gasteiger partial charge in [0.1, 0.15) is 11.5 Å². The van der Waals surface area contributed by atoms with Gasteiger partial charge in [-0.3, -0.25) is 0 Å². The summed E-state index contributed by atoms with van der Waals surface area (Å²) in [5.74, 6) is 0.435. The van der Waals surface area contributed by atoms with E-state index in [0.717, 1.165) is 11.4 Å². The number of hydrogen-bond donors (Lipinski definition) is 1. The van der Waals surface area contributed by atoms with Crippen molar-refractivity contribution in [1.82, 2.24) is 9.55 Å². The van der Waals surface area contributed by atoms with Crippen LogP contribution in [0.3, 0.4) is 0 Å². The Morgan fingerprint density at radius 1 is 1.41 bits per heavy atom. The van der Waals surface area contributed by atoms with Crippen LogP contribution in [0, 0.1) is 17.0 Å². The van der Waals surface area contributed by atoms with Crippen LogP contribution in [0.1, 0.15) is 34.8 Å². The lowest BCUT2D eigenvalue weighted by Gasteiger charge is -2.18. The molecule has 118 valence electrons. The van der Waals surface area contributed by atoms with Crippen LogP contribution >= 0.6 is 0 Å². The highest BCUT2D eigenvalue weighted by Crippen LogP contribution is 2.21. The summed E-state index contributed by atoms with van der Waals surface area (Å²) in [5.41, 5.74) is 1.61. The molecule has 0 aliphatic rings. The second-order valence-corrected chi connectivity index (χ2v) is 4.38. The van der Waals surface area contributed by atoms with E-state index < -0.39 is 5.09 Å². The van der Waals surface area contributed by atoms with Crippen molar-refractivity contribution < 1.29 is 19.8 Å². The molecule has 1 atom stereocenters. The Hall–Kier alpha value is -2.90. The van der Waals surface area contributed by atoms with Crippen LogP contribution in [0.25, 0.3) is 0 Å². The number of aromatic nitrogens is 2. The monoisotopic (exact) mass is 307 g/mol. The zero-order valence-corrected chi connectivity index (χ0v) is 12.5. The fourth-order valence-electron chi connectivity index (χ4n) is 2.08. The van der Waals surface area contributed by atoms with Gasteiger partial charge in [-0.1, -0.05) is 30.3 Å². The van der Waals surface area contributed by atoms with Gasteiger partial charge in [-0.15, -0.1) is 10.1 Å². The molecule has 2 aromatic rings. The number of aryl methyl sites for hydroxylation is 1. The van der Waals surface area contributed by atoms with Gasteiger partial charge in [0.05, 0.1) is 19.3 Å². The molecule has 1 heterocycles. The average Bonchev–Trinajstić information content (AvgIpc) is 2.88. The van der Waals surface area contributed by atoms with Crippen molar-refractivity contribution in [2.45, 2.75) is 19.9 Å². The summed E-state index contributed by atoms with van der Waals surface area (Å²) in [5, 5.41) is 13.6. The van der Waals surface area contributed by atoms with E-state index in [1.807, 2.05) is 48.7 Å². The van der Waals surface area contributed by atoms with Gasteiger partial charge in [-0.25, -0.2) is 9.78 Å².